The predicted octanol–water partition coefficient (Wildman–Crippen LogP) is 0.791. The monoisotopic (exact) mass is 251 g/mol. The van der Waals surface area contributed by atoms with Crippen LogP contribution in [0.2, 0.25) is 0 Å². The molecule has 1 aromatic rings. The van der Waals surface area contributed by atoms with Crippen LogP contribution in [-0.2, 0) is 9.53 Å². The van der Waals surface area contributed by atoms with Gasteiger partial charge >= 0.3 is 5.97 Å². The second-order valence-electron chi connectivity index (χ2n) is 4.37. The molecule has 2 heterocycles. The Balaban J connectivity index is 2.59. The molecule has 6 heteroatoms. The Kier molecular flexibility index (Phi) is 2.65. The fourth-order valence-electron chi connectivity index (χ4n) is 2.07. The standard InChI is InChI=1S/C12H13NO5/c1-7-5-8(14)6-10(15)13(7)9-3-4-18-12(9,2)11(16)17/h3-6,9,14H,1-2H3,(H,16,17). The van der Waals surface area contributed by atoms with E-state index in [0.29, 0.717) is 5.69 Å². The van der Waals surface area contributed by atoms with Crippen molar-refractivity contribution in [3.8, 4) is 5.75 Å². The Bertz CT molecular complexity index is 589. The van der Waals surface area contributed by atoms with Gasteiger partial charge in [0.05, 0.1) is 6.26 Å². The van der Waals surface area contributed by atoms with E-state index in [-0.39, 0.29) is 5.75 Å². The fraction of sp³-hybridized carbons (Fsp3) is 0.333. The van der Waals surface area contributed by atoms with Gasteiger partial charge in [-0.1, -0.05) is 0 Å². The minimum absolute atomic E-state index is 0.145. The Hall–Kier alpha value is -2.24. The van der Waals surface area contributed by atoms with Gasteiger partial charge in [0.1, 0.15) is 11.8 Å². The van der Waals surface area contributed by atoms with Crippen LogP contribution in [0.25, 0.3) is 0 Å². The molecule has 0 radical (unpaired) electrons. The summed E-state index contributed by atoms with van der Waals surface area (Å²) in [5.74, 6) is -1.30. The molecule has 0 bridgehead atoms. The quantitative estimate of drug-likeness (QED) is 0.811. The molecule has 0 saturated heterocycles. The first-order valence-electron chi connectivity index (χ1n) is 5.36. The average Bonchev–Trinajstić information content (AvgIpc) is 2.61. The Morgan fingerprint density at radius 2 is 2.17 bits per heavy atom. The van der Waals surface area contributed by atoms with E-state index < -0.39 is 23.2 Å². The van der Waals surface area contributed by atoms with Gasteiger partial charge in [0.15, 0.2) is 0 Å². The summed E-state index contributed by atoms with van der Waals surface area (Å²) < 4.78 is 6.40. The zero-order valence-corrected chi connectivity index (χ0v) is 9.95. The van der Waals surface area contributed by atoms with E-state index >= 15 is 0 Å². The highest BCUT2D eigenvalue weighted by Gasteiger charge is 2.47. The molecule has 1 aliphatic heterocycles. The molecule has 6 nitrogen and oxygen atoms in total. The lowest BCUT2D eigenvalue weighted by Gasteiger charge is -2.28. The molecule has 0 spiro atoms. The highest BCUT2D eigenvalue weighted by atomic mass is 16.5. The van der Waals surface area contributed by atoms with Gasteiger partial charge in [-0.2, -0.15) is 0 Å². The van der Waals surface area contributed by atoms with Crippen molar-refractivity contribution in [2.75, 3.05) is 0 Å². The number of rotatable bonds is 2. The first kappa shape index (κ1) is 12.2. The van der Waals surface area contributed by atoms with Crippen LogP contribution in [0.15, 0.2) is 29.3 Å². The minimum atomic E-state index is -1.52. The van der Waals surface area contributed by atoms with Crippen LogP contribution < -0.4 is 5.56 Å². The molecule has 18 heavy (non-hydrogen) atoms. The number of aromatic nitrogens is 1. The fourth-order valence-corrected chi connectivity index (χ4v) is 2.07. The number of aliphatic carboxylic acids is 1. The summed E-state index contributed by atoms with van der Waals surface area (Å²) >= 11 is 0. The lowest BCUT2D eigenvalue weighted by atomic mass is 9.97. The summed E-state index contributed by atoms with van der Waals surface area (Å²) in [6.45, 7) is 3.02. The van der Waals surface area contributed by atoms with Crippen LogP contribution in [0.1, 0.15) is 18.7 Å². The van der Waals surface area contributed by atoms with Gasteiger partial charge in [0, 0.05) is 11.8 Å². The third-order valence-corrected chi connectivity index (χ3v) is 3.09. The molecule has 1 aromatic heterocycles. The predicted molar refractivity (Wildman–Crippen MR) is 62.4 cm³/mol. The molecule has 0 aliphatic carbocycles. The zero-order chi connectivity index (χ0) is 13.5. The van der Waals surface area contributed by atoms with Gasteiger partial charge < -0.3 is 19.5 Å². The van der Waals surface area contributed by atoms with Crippen molar-refractivity contribution in [2.45, 2.75) is 25.5 Å². The normalized spacial score (nSPS) is 26.0. The Morgan fingerprint density at radius 1 is 1.50 bits per heavy atom. The number of hydrogen-bond donors (Lipinski definition) is 2. The molecular formula is C12H13NO5. The molecule has 0 amide bonds. The molecule has 2 unspecified atom stereocenters. The number of hydrogen-bond acceptors (Lipinski definition) is 4. The van der Waals surface area contributed by atoms with E-state index in [4.69, 9.17) is 4.74 Å². The van der Waals surface area contributed by atoms with Crippen molar-refractivity contribution in [1.82, 2.24) is 4.57 Å². The second-order valence-corrected chi connectivity index (χ2v) is 4.37. The summed E-state index contributed by atoms with van der Waals surface area (Å²) in [5.41, 5.74) is -1.53. The van der Waals surface area contributed by atoms with Gasteiger partial charge in [-0.15, -0.1) is 0 Å². The summed E-state index contributed by atoms with van der Waals surface area (Å²) in [4.78, 5) is 23.1. The highest BCUT2D eigenvalue weighted by molar-refractivity contribution is 5.79. The third-order valence-electron chi connectivity index (χ3n) is 3.09. The summed E-state index contributed by atoms with van der Waals surface area (Å²) in [7, 11) is 0. The first-order valence-corrected chi connectivity index (χ1v) is 5.36. The van der Waals surface area contributed by atoms with Crippen LogP contribution in [0.5, 0.6) is 5.75 Å². The van der Waals surface area contributed by atoms with Crippen molar-refractivity contribution in [3.05, 3.63) is 40.5 Å². The zero-order valence-electron chi connectivity index (χ0n) is 9.95. The summed E-state index contributed by atoms with van der Waals surface area (Å²) in [5, 5.41) is 18.5. The van der Waals surface area contributed by atoms with Crippen molar-refractivity contribution in [3.63, 3.8) is 0 Å². The number of ether oxygens (including phenoxy) is 1. The lowest BCUT2D eigenvalue weighted by Crippen LogP contribution is -2.45. The molecular weight excluding hydrogens is 238 g/mol. The van der Waals surface area contributed by atoms with Crippen LogP contribution in [0.4, 0.5) is 0 Å². The Labute approximate surface area is 103 Å². The molecule has 0 aromatic carbocycles. The molecule has 0 saturated carbocycles. The van der Waals surface area contributed by atoms with E-state index in [0.717, 1.165) is 6.07 Å². The molecule has 2 N–H and O–H groups in total. The topological polar surface area (TPSA) is 88.8 Å². The summed E-state index contributed by atoms with van der Waals surface area (Å²) in [6, 6.07) is 1.69. The van der Waals surface area contributed by atoms with Gasteiger partial charge in [-0.25, -0.2) is 4.79 Å². The molecule has 1 aliphatic rings. The smallest absolute Gasteiger partial charge is 0.350 e. The SMILES string of the molecule is Cc1cc(O)cc(=O)n1C1C=COC1(C)C(=O)O. The van der Waals surface area contributed by atoms with Crippen molar-refractivity contribution in [1.29, 1.82) is 0 Å². The number of carboxylic acids is 1. The number of carboxylic acid groups (broad SMARTS) is 1. The number of nitrogens with zero attached hydrogens (tertiary/aromatic N) is 1. The van der Waals surface area contributed by atoms with Crippen molar-refractivity contribution in [2.24, 2.45) is 0 Å². The average molecular weight is 251 g/mol. The Morgan fingerprint density at radius 3 is 2.72 bits per heavy atom. The third kappa shape index (κ3) is 1.66. The van der Waals surface area contributed by atoms with E-state index in [1.807, 2.05) is 0 Å². The van der Waals surface area contributed by atoms with Crippen LogP contribution in [-0.4, -0.2) is 26.4 Å². The largest absolute Gasteiger partial charge is 0.508 e. The number of pyridine rings is 1. The maximum Gasteiger partial charge on any atom is 0.350 e. The number of aromatic hydroxyl groups is 1. The van der Waals surface area contributed by atoms with Gasteiger partial charge in [0.2, 0.25) is 5.60 Å². The van der Waals surface area contributed by atoms with Crippen LogP contribution in [0, 0.1) is 6.92 Å². The maximum atomic E-state index is 11.9. The van der Waals surface area contributed by atoms with Crippen LogP contribution in [0.3, 0.4) is 0 Å². The lowest BCUT2D eigenvalue weighted by molar-refractivity contribution is -0.158. The van der Waals surface area contributed by atoms with Gasteiger partial charge in [0.25, 0.3) is 5.56 Å². The molecule has 0 fully saturated rings. The van der Waals surface area contributed by atoms with Crippen LogP contribution >= 0.6 is 0 Å². The molecule has 2 atom stereocenters. The van der Waals surface area contributed by atoms with E-state index in [1.54, 1.807) is 6.92 Å². The highest BCUT2D eigenvalue weighted by Crippen LogP contribution is 2.34. The number of carbonyl (C=O) groups is 1. The first-order chi connectivity index (χ1) is 8.36. The van der Waals surface area contributed by atoms with E-state index in [2.05, 4.69) is 0 Å². The number of aryl methyl sites for hydroxylation is 1. The van der Waals surface area contributed by atoms with E-state index in [1.165, 1.54) is 29.9 Å². The summed E-state index contributed by atoms with van der Waals surface area (Å²) in [6.07, 6.45) is 2.79. The molecule has 96 valence electrons. The van der Waals surface area contributed by atoms with Crippen molar-refractivity contribution >= 4 is 5.97 Å². The van der Waals surface area contributed by atoms with Gasteiger partial charge in [-0.05, 0) is 26.0 Å². The minimum Gasteiger partial charge on any atom is -0.508 e. The second kappa shape index (κ2) is 3.90. The van der Waals surface area contributed by atoms with Crippen molar-refractivity contribution < 1.29 is 19.7 Å². The van der Waals surface area contributed by atoms with E-state index in [9.17, 15) is 19.8 Å². The molecule has 2 rings (SSSR count). The van der Waals surface area contributed by atoms with Gasteiger partial charge in [-0.3, -0.25) is 4.79 Å². The maximum absolute atomic E-state index is 11.9.